The zero-order chi connectivity index (χ0) is 8.48. The molecule has 0 fully saturated rings. The average Bonchev–Trinajstić information content (AvgIpc) is 2.36. The van der Waals surface area contributed by atoms with Crippen molar-refractivity contribution in [3.05, 3.63) is 18.0 Å². The van der Waals surface area contributed by atoms with Gasteiger partial charge in [0.1, 0.15) is 11.8 Å². The third kappa shape index (κ3) is 1.48. The molecule has 0 N–H and O–H groups in total. The Morgan fingerprint density at radius 1 is 1.64 bits per heavy atom. The molecular weight excluding hydrogens is 140 g/mol. The lowest BCUT2D eigenvalue weighted by molar-refractivity contribution is -0.114. The molecule has 1 rings (SSSR count). The summed E-state index contributed by atoms with van der Waals surface area (Å²) in [6.07, 6.45) is 4.49. The average molecular weight is 152 g/mol. The molecular formula is C8H12N2O. The van der Waals surface area contributed by atoms with Crippen molar-refractivity contribution < 1.29 is 4.79 Å². The number of hydrogen-bond acceptors (Lipinski definition) is 2. The quantitative estimate of drug-likeness (QED) is 0.595. The molecule has 0 radical (unpaired) electrons. The third-order valence-corrected chi connectivity index (χ3v) is 1.59. The smallest absolute Gasteiger partial charge is 0.147 e. The van der Waals surface area contributed by atoms with E-state index in [2.05, 4.69) is 5.10 Å². The van der Waals surface area contributed by atoms with Crippen molar-refractivity contribution in [1.29, 1.82) is 0 Å². The van der Waals surface area contributed by atoms with Crippen molar-refractivity contribution in [2.75, 3.05) is 0 Å². The number of aromatic nitrogens is 2. The van der Waals surface area contributed by atoms with E-state index in [-0.39, 0.29) is 0 Å². The number of rotatable bonds is 2. The van der Waals surface area contributed by atoms with E-state index in [4.69, 9.17) is 0 Å². The van der Waals surface area contributed by atoms with Gasteiger partial charge in [0.15, 0.2) is 0 Å². The summed E-state index contributed by atoms with van der Waals surface area (Å²) < 4.78 is 1.66. The molecule has 0 spiro atoms. The van der Waals surface area contributed by atoms with Gasteiger partial charge in [0.25, 0.3) is 0 Å². The van der Waals surface area contributed by atoms with Crippen LogP contribution in [0.4, 0.5) is 0 Å². The Bertz CT molecular complexity index is 263. The SMILES string of the molecule is Cc1cnn(C(C)(C)C=O)c1. The van der Waals surface area contributed by atoms with E-state index in [9.17, 15) is 4.79 Å². The normalized spacial score (nSPS) is 11.5. The molecule has 60 valence electrons. The van der Waals surface area contributed by atoms with Crippen LogP contribution in [0.3, 0.4) is 0 Å². The van der Waals surface area contributed by atoms with Crippen molar-refractivity contribution >= 4 is 6.29 Å². The van der Waals surface area contributed by atoms with Gasteiger partial charge in [-0.05, 0) is 26.3 Å². The Hall–Kier alpha value is -1.12. The number of hydrogen-bond donors (Lipinski definition) is 0. The summed E-state index contributed by atoms with van der Waals surface area (Å²) in [7, 11) is 0. The number of carbonyl (C=O) groups is 1. The largest absolute Gasteiger partial charge is 0.301 e. The highest BCUT2D eigenvalue weighted by Crippen LogP contribution is 2.10. The number of aryl methyl sites for hydroxylation is 1. The first-order chi connectivity index (χ1) is 5.06. The van der Waals surface area contributed by atoms with Crippen LogP contribution >= 0.6 is 0 Å². The van der Waals surface area contributed by atoms with Crippen LogP contribution in [0.15, 0.2) is 12.4 Å². The molecule has 3 nitrogen and oxygen atoms in total. The lowest BCUT2D eigenvalue weighted by Gasteiger charge is -2.16. The van der Waals surface area contributed by atoms with E-state index in [1.165, 1.54) is 0 Å². The molecule has 1 heterocycles. The first kappa shape index (κ1) is 7.98. The Kier molecular flexibility index (Phi) is 1.81. The predicted octanol–water partition coefficient (Wildman–Crippen LogP) is 1.13. The van der Waals surface area contributed by atoms with Crippen molar-refractivity contribution in [3.8, 4) is 0 Å². The summed E-state index contributed by atoms with van der Waals surface area (Å²) in [6, 6.07) is 0. The van der Waals surface area contributed by atoms with E-state index in [0.29, 0.717) is 0 Å². The Balaban J connectivity index is 3.01. The van der Waals surface area contributed by atoms with Crippen molar-refractivity contribution in [3.63, 3.8) is 0 Å². The number of nitrogens with zero attached hydrogens (tertiary/aromatic N) is 2. The van der Waals surface area contributed by atoms with Gasteiger partial charge in [0.2, 0.25) is 0 Å². The summed E-state index contributed by atoms with van der Waals surface area (Å²) in [5.74, 6) is 0. The second-order valence-electron chi connectivity index (χ2n) is 3.23. The van der Waals surface area contributed by atoms with Crippen LogP contribution in [0.2, 0.25) is 0 Å². The van der Waals surface area contributed by atoms with Crippen LogP contribution in [0.25, 0.3) is 0 Å². The molecule has 0 saturated carbocycles. The van der Waals surface area contributed by atoms with Crippen molar-refractivity contribution in [2.45, 2.75) is 26.3 Å². The maximum Gasteiger partial charge on any atom is 0.147 e. The van der Waals surface area contributed by atoms with Gasteiger partial charge in [-0.15, -0.1) is 0 Å². The Labute approximate surface area is 66.0 Å². The minimum absolute atomic E-state index is 0.520. The van der Waals surface area contributed by atoms with Gasteiger partial charge in [0.05, 0.1) is 6.20 Å². The summed E-state index contributed by atoms with van der Waals surface area (Å²) in [6.45, 7) is 5.60. The standard InChI is InChI=1S/C8H12N2O/c1-7-4-9-10(5-7)8(2,3)6-11/h4-6H,1-3H3. The molecule has 11 heavy (non-hydrogen) atoms. The summed E-state index contributed by atoms with van der Waals surface area (Å²) in [5.41, 5.74) is 0.550. The van der Waals surface area contributed by atoms with Crippen LogP contribution in [-0.4, -0.2) is 16.1 Å². The van der Waals surface area contributed by atoms with Gasteiger partial charge in [-0.25, -0.2) is 0 Å². The van der Waals surface area contributed by atoms with Gasteiger partial charge in [-0.3, -0.25) is 4.68 Å². The Morgan fingerprint density at radius 2 is 2.27 bits per heavy atom. The van der Waals surface area contributed by atoms with E-state index in [0.717, 1.165) is 11.8 Å². The van der Waals surface area contributed by atoms with Gasteiger partial charge >= 0.3 is 0 Å². The molecule has 0 aliphatic carbocycles. The summed E-state index contributed by atoms with van der Waals surface area (Å²) in [4.78, 5) is 10.6. The van der Waals surface area contributed by atoms with Crippen LogP contribution in [-0.2, 0) is 10.3 Å². The fraction of sp³-hybridized carbons (Fsp3) is 0.500. The highest BCUT2D eigenvalue weighted by Gasteiger charge is 2.18. The second-order valence-corrected chi connectivity index (χ2v) is 3.23. The molecule has 3 heteroatoms. The van der Waals surface area contributed by atoms with E-state index < -0.39 is 5.54 Å². The molecule has 1 aromatic rings. The maximum atomic E-state index is 10.6. The minimum atomic E-state index is -0.520. The van der Waals surface area contributed by atoms with E-state index in [1.807, 2.05) is 27.0 Å². The van der Waals surface area contributed by atoms with Crippen LogP contribution in [0.5, 0.6) is 0 Å². The molecule has 0 aliphatic heterocycles. The molecule has 0 aromatic carbocycles. The highest BCUT2D eigenvalue weighted by molar-refractivity contribution is 5.60. The fourth-order valence-electron chi connectivity index (χ4n) is 0.782. The topological polar surface area (TPSA) is 34.9 Å². The van der Waals surface area contributed by atoms with Crippen LogP contribution in [0, 0.1) is 6.92 Å². The van der Waals surface area contributed by atoms with Gasteiger partial charge in [-0.2, -0.15) is 5.10 Å². The molecule has 0 bridgehead atoms. The van der Waals surface area contributed by atoms with Crippen LogP contribution < -0.4 is 0 Å². The lowest BCUT2D eigenvalue weighted by atomic mass is 10.1. The molecule has 0 amide bonds. The molecule has 0 saturated heterocycles. The molecule has 1 aromatic heterocycles. The zero-order valence-corrected chi connectivity index (χ0v) is 7.03. The molecule has 0 atom stereocenters. The van der Waals surface area contributed by atoms with E-state index in [1.54, 1.807) is 10.9 Å². The van der Waals surface area contributed by atoms with E-state index >= 15 is 0 Å². The minimum Gasteiger partial charge on any atom is -0.301 e. The maximum absolute atomic E-state index is 10.6. The predicted molar refractivity (Wildman–Crippen MR) is 42.4 cm³/mol. The first-order valence-corrected chi connectivity index (χ1v) is 3.54. The monoisotopic (exact) mass is 152 g/mol. The van der Waals surface area contributed by atoms with Crippen molar-refractivity contribution in [1.82, 2.24) is 9.78 Å². The van der Waals surface area contributed by atoms with Gasteiger partial charge in [-0.1, -0.05) is 0 Å². The number of carbonyl (C=O) groups excluding carboxylic acids is 1. The second kappa shape index (κ2) is 2.49. The Morgan fingerprint density at radius 3 is 2.64 bits per heavy atom. The first-order valence-electron chi connectivity index (χ1n) is 3.54. The molecule has 0 unspecified atom stereocenters. The summed E-state index contributed by atoms with van der Waals surface area (Å²) in [5, 5.41) is 4.04. The summed E-state index contributed by atoms with van der Waals surface area (Å²) >= 11 is 0. The number of aldehydes is 1. The van der Waals surface area contributed by atoms with Gasteiger partial charge in [0, 0.05) is 6.20 Å². The lowest BCUT2D eigenvalue weighted by Crippen LogP contribution is -2.28. The third-order valence-electron chi connectivity index (χ3n) is 1.59. The van der Waals surface area contributed by atoms with Gasteiger partial charge < -0.3 is 4.79 Å². The zero-order valence-electron chi connectivity index (χ0n) is 7.03. The highest BCUT2D eigenvalue weighted by atomic mass is 16.1. The van der Waals surface area contributed by atoms with Crippen LogP contribution in [0.1, 0.15) is 19.4 Å². The fourth-order valence-corrected chi connectivity index (χ4v) is 0.782. The van der Waals surface area contributed by atoms with Crippen molar-refractivity contribution in [2.24, 2.45) is 0 Å². The molecule has 0 aliphatic rings.